The molecule has 0 aliphatic rings. The van der Waals surface area contributed by atoms with E-state index < -0.39 is 18.2 Å². The van der Waals surface area contributed by atoms with Crippen LogP contribution in [0.3, 0.4) is 0 Å². The van der Waals surface area contributed by atoms with Gasteiger partial charge >= 0.3 is 5.97 Å². The number of aliphatic hydroxyl groups excluding tert-OH is 2. The summed E-state index contributed by atoms with van der Waals surface area (Å²) in [5, 5.41) is 23.7. The molecule has 3 atom stereocenters. The average molecular weight is 842 g/mol. The molecule has 0 spiro atoms. The van der Waals surface area contributed by atoms with Crippen molar-refractivity contribution in [3.63, 3.8) is 0 Å². The number of aliphatic hydroxyl groups is 2. The van der Waals surface area contributed by atoms with Crippen LogP contribution in [0.25, 0.3) is 0 Å². The molecule has 0 aliphatic heterocycles. The van der Waals surface area contributed by atoms with E-state index in [0.717, 1.165) is 83.5 Å². The molecular weight excluding hydrogens is 743 g/mol. The lowest BCUT2D eigenvalue weighted by atomic mass is 10.0. The number of hydrogen-bond acceptors (Lipinski definition) is 5. The van der Waals surface area contributed by atoms with Gasteiger partial charge in [-0.25, -0.2) is 0 Å². The van der Waals surface area contributed by atoms with Crippen LogP contribution in [0.1, 0.15) is 258 Å². The number of allylic oxidation sites excluding steroid dienone is 8. The minimum atomic E-state index is -0.790. The summed E-state index contributed by atoms with van der Waals surface area (Å²) in [4.78, 5) is 26.1. The van der Waals surface area contributed by atoms with Crippen molar-refractivity contribution in [1.29, 1.82) is 0 Å². The summed E-state index contributed by atoms with van der Waals surface area (Å²) in [6, 6.07) is -0.705. The first-order valence-corrected chi connectivity index (χ1v) is 25.9. The number of carbonyl (C=O) groups excluding carboxylic acids is 2. The molecule has 0 saturated carbocycles. The Bertz CT molecular complexity index is 1040. The fourth-order valence-corrected chi connectivity index (χ4v) is 7.77. The summed E-state index contributed by atoms with van der Waals surface area (Å²) in [6.45, 7) is 6.36. The molecule has 6 heteroatoms. The number of hydrogen-bond donors (Lipinski definition) is 3. The Morgan fingerprint density at radius 3 is 1.35 bits per heavy atom. The summed E-state index contributed by atoms with van der Waals surface area (Å²) in [5.41, 5.74) is 0. The van der Waals surface area contributed by atoms with Gasteiger partial charge < -0.3 is 20.3 Å². The average Bonchev–Trinajstić information content (AvgIpc) is 3.24. The van der Waals surface area contributed by atoms with E-state index in [1.54, 1.807) is 0 Å². The number of unbranched alkanes of at least 4 members (excludes halogenated alkanes) is 26. The van der Waals surface area contributed by atoms with Gasteiger partial charge in [0.15, 0.2) is 0 Å². The highest BCUT2D eigenvalue weighted by Gasteiger charge is 2.24. The van der Waals surface area contributed by atoms with E-state index in [0.29, 0.717) is 19.3 Å². The summed E-state index contributed by atoms with van der Waals surface area (Å²) in [5.74, 6) is -0.503. The highest BCUT2D eigenvalue weighted by molar-refractivity contribution is 5.77. The van der Waals surface area contributed by atoms with Gasteiger partial charge in [0.1, 0.15) is 6.10 Å². The van der Waals surface area contributed by atoms with E-state index in [-0.39, 0.29) is 24.9 Å². The Labute approximate surface area is 372 Å². The number of carbonyl (C=O) groups is 2. The zero-order valence-electron chi connectivity index (χ0n) is 39.8. The van der Waals surface area contributed by atoms with Crippen molar-refractivity contribution in [1.82, 2.24) is 5.32 Å². The third-order valence-electron chi connectivity index (χ3n) is 11.7. The summed E-state index contributed by atoms with van der Waals surface area (Å²) < 4.78 is 5.92. The van der Waals surface area contributed by atoms with Crippen LogP contribution in [0.2, 0.25) is 0 Å². The molecule has 0 bridgehead atoms. The quantitative estimate of drug-likeness (QED) is 0.0322. The van der Waals surface area contributed by atoms with E-state index in [1.807, 2.05) is 0 Å². The van der Waals surface area contributed by atoms with Gasteiger partial charge in [-0.05, 0) is 64.2 Å². The molecule has 0 rings (SSSR count). The lowest BCUT2D eigenvalue weighted by molar-refractivity contribution is -0.151. The van der Waals surface area contributed by atoms with Crippen molar-refractivity contribution in [2.75, 3.05) is 6.61 Å². The van der Waals surface area contributed by atoms with Crippen LogP contribution in [0.15, 0.2) is 48.6 Å². The van der Waals surface area contributed by atoms with Crippen molar-refractivity contribution in [3.05, 3.63) is 48.6 Å². The zero-order valence-corrected chi connectivity index (χ0v) is 39.8. The zero-order chi connectivity index (χ0) is 43.8. The Kier molecular flexibility index (Phi) is 46.1. The molecule has 1 amide bonds. The summed E-state index contributed by atoms with van der Waals surface area (Å²) in [7, 11) is 0. The molecule has 0 heterocycles. The second-order valence-corrected chi connectivity index (χ2v) is 17.5. The van der Waals surface area contributed by atoms with Crippen LogP contribution < -0.4 is 5.32 Å². The fraction of sp³-hybridized carbons (Fsp3) is 0.815. The summed E-state index contributed by atoms with van der Waals surface area (Å²) >= 11 is 0. The van der Waals surface area contributed by atoms with Crippen molar-refractivity contribution >= 4 is 11.9 Å². The van der Waals surface area contributed by atoms with Gasteiger partial charge in [0, 0.05) is 6.42 Å². The molecule has 3 N–H and O–H groups in total. The Hall–Kier alpha value is -2.18. The van der Waals surface area contributed by atoms with Gasteiger partial charge in [-0.15, -0.1) is 0 Å². The second kappa shape index (κ2) is 47.9. The SMILES string of the molecule is CC/C=C/C/C=C/C/C=C/C/C=C/CCCCCC(=O)OC(CCCCCCCCCCCCCCCCCC)CC(=O)NC(CO)C(O)CCCCCCCCCCC. The van der Waals surface area contributed by atoms with Crippen molar-refractivity contribution in [2.24, 2.45) is 0 Å². The topological polar surface area (TPSA) is 95.9 Å². The fourth-order valence-electron chi connectivity index (χ4n) is 7.77. The van der Waals surface area contributed by atoms with Crippen LogP contribution in [0.5, 0.6) is 0 Å². The highest BCUT2D eigenvalue weighted by Crippen LogP contribution is 2.18. The normalized spacial score (nSPS) is 13.6. The minimum absolute atomic E-state index is 0.0670. The molecule has 0 aromatic rings. The molecule has 0 radical (unpaired) electrons. The van der Waals surface area contributed by atoms with E-state index in [2.05, 4.69) is 74.7 Å². The maximum atomic E-state index is 13.2. The summed E-state index contributed by atoms with van der Waals surface area (Å²) in [6.07, 6.45) is 57.5. The largest absolute Gasteiger partial charge is 0.462 e. The van der Waals surface area contributed by atoms with Crippen molar-refractivity contribution < 1.29 is 24.5 Å². The maximum Gasteiger partial charge on any atom is 0.306 e. The molecule has 350 valence electrons. The third kappa shape index (κ3) is 42.5. The number of nitrogens with one attached hydrogen (secondary N) is 1. The number of rotatable bonds is 46. The number of esters is 1. The Morgan fingerprint density at radius 2 is 0.900 bits per heavy atom. The van der Waals surface area contributed by atoms with E-state index >= 15 is 0 Å². The first kappa shape index (κ1) is 57.8. The smallest absolute Gasteiger partial charge is 0.306 e. The van der Waals surface area contributed by atoms with Crippen LogP contribution in [0.4, 0.5) is 0 Å². The Morgan fingerprint density at radius 1 is 0.500 bits per heavy atom. The van der Waals surface area contributed by atoms with E-state index in [4.69, 9.17) is 4.74 Å². The van der Waals surface area contributed by atoms with Gasteiger partial charge in [-0.2, -0.15) is 0 Å². The molecule has 0 aromatic carbocycles. The minimum Gasteiger partial charge on any atom is -0.462 e. The van der Waals surface area contributed by atoms with Crippen LogP contribution in [0, 0.1) is 0 Å². The highest BCUT2D eigenvalue weighted by atomic mass is 16.5. The second-order valence-electron chi connectivity index (χ2n) is 17.5. The molecule has 0 saturated heterocycles. The molecule has 0 aliphatic carbocycles. The van der Waals surface area contributed by atoms with Crippen molar-refractivity contribution in [3.8, 4) is 0 Å². The lowest BCUT2D eigenvalue weighted by Crippen LogP contribution is -2.46. The first-order chi connectivity index (χ1) is 29.5. The Balaban J connectivity index is 4.61. The van der Waals surface area contributed by atoms with Crippen LogP contribution in [-0.2, 0) is 14.3 Å². The van der Waals surface area contributed by atoms with Gasteiger partial charge in [0.2, 0.25) is 5.91 Å². The molecule has 3 unspecified atom stereocenters. The van der Waals surface area contributed by atoms with Crippen LogP contribution in [-0.4, -0.2) is 46.9 Å². The van der Waals surface area contributed by atoms with Gasteiger partial charge in [0.05, 0.1) is 25.2 Å². The van der Waals surface area contributed by atoms with Crippen LogP contribution >= 0.6 is 0 Å². The van der Waals surface area contributed by atoms with Gasteiger partial charge in [-0.3, -0.25) is 9.59 Å². The molecular formula is C54H99NO5. The first-order valence-electron chi connectivity index (χ1n) is 25.9. The van der Waals surface area contributed by atoms with E-state index in [1.165, 1.54) is 128 Å². The van der Waals surface area contributed by atoms with E-state index in [9.17, 15) is 19.8 Å². The maximum absolute atomic E-state index is 13.2. The van der Waals surface area contributed by atoms with Crippen molar-refractivity contribution in [2.45, 2.75) is 277 Å². The standard InChI is InChI=1S/C54H99NO5/c1-4-7-10-13-16-19-21-23-25-27-29-31-34-36-39-42-45-50(48-53(58)55-51(49-56)52(57)46-43-40-37-33-18-15-12-9-6-3)60-54(59)47-44-41-38-35-32-30-28-26-24-22-20-17-14-11-8-5-2/h8,11,17,20,24,26,30,32,50-52,56-57H,4-7,9-10,12-16,18-19,21-23,25,27-29,31,33-49H2,1-3H3,(H,55,58)/b11-8+,20-17+,26-24+,32-30+. The lowest BCUT2D eigenvalue weighted by Gasteiger charge is -2.24. The number of ether oxygens (including phenoxy) is 1. The number of amides is 1. The van der Waals surface area contributed by atoms with Gasteiger partial charge in [-0.1, -0.05) is 230 Å². The van der Waals surface area contributed by atoms with Gasteiger partial charge in [0.25, 0.3) is 0 Å². The molecule has 6 nitrogen and oxygen atoms in total. The molecule has 0 fully saturated rings. The predicted octanol–water partition coefficient (Wildman–Crippen LogP) is 15.5. The predicted molar refractivity (Wildman–Crippen MR) is 259 cm³/mol. The molecule has 0 aromatic heterocycles. The third-order valence-corrected chi connectivity index (χ3v) is 11.7. The monoisotopic (exact) mass is 842 g/mol. The molecule has 60 heavy (non-hydrogen) atoms.